The highest BCUT2D eigenvalue weighted by atomic mass is 35.5. The number of nitrogens with one attached hydrogen (secondary N) is 1. The predicted molar refractivity (Wildman–Crippen MR) is 105 cm³/mol. The van der Waals surface area contributed by atoms with Gasteiger partial charge < -0.3 is 5.73 Å². The Kier molecular flexibility index (Phi) is 7.19. The number of nitrogens with zero attached hydrogens (tertiary/aromatic N) is 2. The van der Waals surface area contributed by atoms with E-state index >= 15 is 0 Å². The topological polar surface area (TPSA) is 54.2 Å². The highest BCUT2D eigenvalue weighted by Crippen LogP contribution is 2.40. The maximum Gasteiger partial charge on any atom is 0.288 e. The molecule has 0 fully saturated rings. The summed E-state index contributed by atoms with van der Waals surface area (Å²) in [5, 5.41) is 0.735. The molecule has 12 heteroatoms. The van der Waals surface area contributed by atoms with Crippen molar-refractivity contribution in [2.24, 2.45) is 5.73 Å². The van der Waals surface area contributed by atoms with Gasteiger partial charge >= 0.3 is 0 Å². The molecular formula is C13H8Cl4F2N4S2. The molecule has 0 saturated heterocycles. The molecule has 4 nitrogen and oxygen atoms in total. The molecule has 1 aromatic heterocycles. The summed E-state index contributed by atoms with van der Waals surface area (Å²) in [5.41, 5.74) is 8.84. The predicted octanol–water partition coefficient (Wildman–Crippen LogP) is 6.09. The normalized spacial score (nSPS) is 10.8. The van der Waals surface area contributed by atoms with Crippen LogP contribution in [0.2, 0.25) is 20.4 Å². The maximum absolute atomic E-state index is 12.8. The summed E-state index contributed by atoms with van der Waals surface area (Å²) < 4.78 is 25.6. The zero-order valence-electron chi connectivity index (χ0n) is 11.9. The SMILES string of the molecule is NC(=S)N(Nc1c(Cl)c(Cl)nc(Cl)c1Cl)c1ccccc1SC(F)F. The first-order chi connectivity index (χ1) is 11.7. The molecule has 0 unspecified atom stereocenters. The number of thioether (sulfide) groups is 1. The molecule has 0 radical (unpaired) electrons. The second-order valence-corrected chi connectivity index (χ2v) is 7.25. The molecule has 1 aromatic carbocycles. The molecule has 0 amide bonds. The molecule has 2 aromatic rings. The van der Waals surface area contributed by atoms with Crippen LogP contribution in [-0.2, 0) is 0 Å². The zero-order chi connectivity index (χ0) is 18.7. The third-order valence-corrected chi connectivity index (χ3v) is 5.20. The third-order valence-electron chi connectivity index (χ3n) is 2.76. The number of nitrogens with two attached hydrogens (primary N) is 1. The number of anilines is 2. The van der Waals surface area contributed by atoms with E-state index in [4.69, 9.17) is 64.4 Å². The van der Waals surface area contributed by atoms with E-state index in [1.54, 1.807) is 18.2 Å². The number of hydrogen-bond donors (Lipinski definition) is 2. The number of thiocarbonyl (C=S) groups is 1. The number of hydrazine groups is 1. The Morgan fingerprint density at radius 1 is 1.16 bits per heavy atom. The van der Waals surface area contributed by atoms with Gasteiger partial charge in [0.25, 0.3) is 5.76 Å². The van der Waals surface area contributed by atoms with E-state index < -0.39 is 5.76 Å². The van der Waals surface area contributed by atoms with Gasteiger partial charge in [-0.25, -0.2) is 9.99 Å². The number of rotatable bonds is 5. The molecule has 0 aliphatic carbocycles. The van der Waals surface area contributed by atoms with E-state index in [9.17, 15) is 8.78 Å². The Morgan fingerprint density at radius 3 is 2.24 bits per heavy atom. The first kappa shape index (κ1) is 20.5. The molecule has 0 saturated carbocycles. The van der Waals surface area contributed by atoms with E-state index in [0.717, 1.165) is 0 Å². The van der Waals surface area contributed by atoms with Gasteiger partial charge in [-0.2, -0.15) is 8.78 Å². The molecule has 0 aliphatic rings. The van der Waals surface area contributed by atoms with Crippen molar-refractivity contribution in [1.82, 2.24) is 4.98 Å². The van der Waals surface area contributed by atoms with Crippen LogP contribution < -0.4 is 16.2 Å². The molecule has 0 spiro atoms. The van der Waals surface area contributed by atoms with Crippen molar-refractivity contribution in [1.29, 1.82) is 0 Å². The Balaban J connectivity index is 2.51. The van der Waals surface area contributed by atoms with Crippen molar-refractivity contribution in [2.75, 3.05) is 10.4 Å². The van der Waals surface area contributed by atoms with Gasteiger partial charge in [-0.05, 0) is 24.4 Å². The summed E-state index contributed by atoms with van der Waals surface area (Å²) in [6.45, 7) is 0. The standard InChI is InChI=1S/C13H8Cl4F2N4S2/c14-7-9(8(15)11(17)21-10(7)16)22-23(13(20)24)5-3-1-2-4-6(5)25-12(18)19/h1-4,12H,(H2,20,24)(H,21,22). The van der Waals surface area contributed by atoms with Crippen LogP contribution in [0.4, 0.5) is 20.2 Å². The number of aromatic nitrogens is 1. The molecule has 0 aliphatic heterocycles. The zero-order valence-corrected chi connectivity index (χ0v) is 16.6. The van der Waals surface area contributed by atoms with Gasteiger partial charge in [0.05, 0.1) is 11.4 Å². The summed E-state index contributed by atoms with van der Waals surface area (Å²) in [7, 11) is 0. The average Bonchev–Trinajstić information content (AvgIpc) is 2.53. The van der Waals surface area contributed by atoms with Crippen LogP contribution >= 0.6 is 70.4 Å². The smallest absolute Gasteiger partial charge is 0.288 e. The largest absolute Gasteiger partial charge is 0.374 e. The number of para-hydroxylation sites is 1. The van der Waals surface area contributed by atoms with Crippen molar-refractivity contribution < 1.29 is 8.78 Å². The minimum absolute atomic E-state index is 0.0312. The molecule has 3 N–H and O–H groups in total. The highest BCUT2D eigenvalue weighted by Gasteiger charge is 2.22. The monoisotopic (exact) mass is 462 g/mol. The molecule has 2 rings (SSSR count). The van der Waals surface area contributed by atoms with Gasteiger partial charge in [-0.3, -0.25) is 5.43 Å². The molecular weight excluding hydrogens is 456 g/mol. The number of alkyl halides is 2. The van der Waals surface area contributed by atoms with Gasteiger partial charge in [0.2, 0.25) is 0 Å². The molecule has 134 valence electrons. The minimum atomic E-state index is -2.63. The van der Waals surface area contributed by atoms with Gasteiger partial charge in [0, 0.05) is 4.90 Å². The lowest BCUT2D eigenvalue weighted by Gasteiger charge is -2.27. The Labute approximate surface area is 171 Å². The van der Waals surface area contributed by atoms with Crippen LogP contribution in [0.1, 0.15) is 0 Å². The lowest BCUT2D eigenvalue weighted by atomic mass is 10.3. The van der Waals surface area contributed by atoms with E-state index in [1.807, 2.05) is 0 Å². The van der Waals surface area contributed by atoms with Crippen LogP contribution in [0.25, 0.3) is 0 Å². The Hall–Kier alpha value is -0.770. The Bertz CT molecular complexity index is 784. The van der Waals surface area contributed by atoms with Gasteiger partial charge in [0.15, 0.2) is 15.4 Å². The van der Waals surface area contributed by atoms with E-state index in [1.165, 1.54) is 11.1 Å². The van der Waals surface area contributed by atoms with E-state index in [0.29, 0.717) is 11.8 Å². The molecule has 1 heterocycles. The number of benzene rings is 1. The summed E-state index contributed by atoms with van der Waals surface area (Å²) in [6.07, 6.45) is 0. The van der Waals surface area contributed by atoms with Crippen molar-refractivity contribution in [3.63, 3.8) is 0 Å². The van der Waals surface area contributed by atoms with Crippen molar-refractivity contribution in [3.8, 4) is 0 Å². The fraction of sp³-hybridized carbons (Fsp3) is 0.0769. The number of hydrogen-bond acceptors (Lipinski definition) is 4. The van der Waals surface area contributed by atoms with Crippen LogP contribution in [-0.4, -0.2) is 15.9 Å². The maximum atomic E-state index is 12.8. The summed E-state index contributed by atoms with van der Waals surface area (Å²) in [5.74, 6) is -2.63. The molecule has 25 heavy (non-hydrogen) atoms. The van der Waals surface area contributed by atoms with Crippen molar-refractivity contribution in [3.05, 3.63) is 44.6 Å². The molecule has 0 atom stereocenters. The second-order valence-electron chi connectivity index (χ2n) is 4.33. The van der Waals surface area contributed by atoms with Gasteiger partial charge in [0.1, 0.15) is 10.0 Å². The Morgan fingerprint density at radius 2 is 1.72 bits per heavy atom. The van der Waals surface area contributed by atoms with Crippen molar-refractivity contribution in [2.45, 2.75) is 10.7 Å². The average molecular weight is 464 g/mol. The van der Waals surface area contributed by atoms with Crippen LogP contribution in [0, 0.1) is 0 Å². The van der Waals surface area contributed by atoms with Crippen LogP contribution in [0.15, 0.2) is 29.2 Å². The fourth-order valence-corrected chi connectivity index (χ4v) is 3.35. The van der Waals surface area contributed by atoms with E-state index in [2.05, 4.69) is 10.4 Å². The number of pyridine rings is 1. The van der Waals surface area contributed by atoms with Crippen molar-refractivity contribution >= 4 is 86.9 Å². The van der Waals surface area contributed by atoms with Gasteiger partial charge in [-0.15, -0.1) is 0 Å². The quantitative estimate of drug-likeness (QED) is 0.242. The molecule has 0 bridgehead atoms. The first-order valence-corrected chi connectivity index (χ1v) is 9.12. The lowest BCUT2D eigenvalue weighted by Crippen LogP contribution is -2.40. The number of halogens is 6. The minimum Gasteiger partial charge on any atom is -0.374 e. The van der Waals surface area contributed by atoms with Crippen LogP contribution in [0.3, 0.4) is 0 Å². The van der Waals surface area contributed by atoms with Crippen LogP contribution in [0.5, 0.6) is 0 Å². The second kappa shape index (κ2) is 8.75. The third kappa shape index (κ3) is 4.90. The fourth-order valence-electron chi connectivity index (χ4n) is 1.77. The summed E-state index contributed by atoms with van der Waals surface area (Å²) >= 11 is 29.3. The first-order valence-electron chi connectivity index (χ1n) is 6.32. The summed E-state index contributed by atoms with van der Waals surface area (Å²) in [4.78, 5) is 3.99. The van der Waals surface area contributed by atoms with Gasteiger partial charge in [-0.1, -0.05) is 70.3 Å². The highest BCUT2D eigenvalue weighted by molar-refractivity contribution is 7.99. The summed E-state index contributed by atoms with van der Waals surface area (Å²) in [6, 6.07) is 6.28. The van der Waals surface area contributed by atoms with E-state index in [-0.39, 0.29) is 41.7 Å². The lowest BCUT2D eigenvalue weighted by molar-refractivity contribution is 0.252.